The predicted molar refractivity (Wildman–Crippen MR) is 93.2 cm³/mol. The molecule has 1 rings (SSSR count). The summed E-state index contributed by atoms with van der Waals surface area (Å²) in [6, 6.07) is 5.21. The third kappa shape index (κ3) is 5.76. The van der Waals surface area contributed by atoms with Crippen LogP contribution in [0, 0.1) is 5.41 Å². The van der Waals surface area contributed by atoms with E-state index in [1.807, 2.05) is 33.8 Å². The highest BCUT2D eigenvalue weighted by Crippen LogP contribution is 2.29. The molecule has 24 heavy (non-hydrogen) atoms. The Hall–Kier alpha value is -2.24. The lowest BCUT2D eigenvalue weighted by molar-refractivity contribution is -0.128. The van der Waals surface area contributed by atoms with Gasteiger partial charge in [-0.25, -0.2) is 0 Å². The van der Waals surface area contributed by atoms with Gasteiger partial charge in [0.2, 0.25) is 11.8 Å². The van der Waals surface area contributed by atoms with Gasteiger partial charge in [0, 0.05) is 23.9 Å². The van der Waals surface area contributed by atoms with Crippen molar-refractivity contribution in [3.8, 4) is 11.5 Å². The van der Waals surface area contributed by atoms with Gasteiger partial charge in [-0.1, -0.05) is 20.8 Å². The van der Waals surface area contributed by atoms with Crippen molar-refractivity contribution >= 4 is 11.8 Å². The van der Waals surface area contributed by atoms with Crippen LogP contribution in [0.25, 0.3) is 0 Å². The maximum Gasteiger partial charge on any atom is 0.225 e. The summed E-state index contributed by atoms with van der Waals surface area (Å²) in [6.45, 7) is 7.69. The van der Waals surface area contributed by atoms with E-state index in [1.54, 1.807) is 26.4 Å². The number of rotatable bonds is 7. The summed E-state index contributed by atoms with van der Waals surface area (Å²) >= 11 is 0. The Morgan fingerprint density at radius 1 is 1.17 bits per heavy atom. The number of benzene rings is 1. The summed E-state index contributed by atoms with van der Waals surface area (Å²) in [5.74, 6) is 1.17. The summed E-state index contributed by atoms with van der Waals surface area (Å²) in [4.78, 5) is 23.8. The van der Waals surface area contributed by atoms with E-state index in [0.29, 0.717) is 18.0 Å². The van der Waals surface area contributed by atoms with E-state index in [4.69, 9.17) is 9.47 Å². The molecule has 0 aliphatic heterocycles. The SMILES string of the molecule is COc1ccc(OC)c(C(C)NC(=O)CCNC(=O)C(C)(C)C)c1. The minimum absolute atomic E-state index is 0.0715. The molecule has 2 N–H and O–H groups in total. The average molecular weight is 336 g/mol. The minimum Gasteiger partial charge on any atom is -0.497 e. The van der Waals surface area contributed by atoms with Crippen molar-refractivity contribution in [2.24, 2.45) is 5.41 Å². The lowest BCUT2D eigenvalue weighted by atomic mass is 9.96. The van der Waals surface area contributed by atoms with Crippen LogP contribution in [0.1, 0.15) is 45.7 Å². The average Bonchev–Trinajstić information content (AvgIpc) is 2.52. The second-order valence-corrected chi connectivity index (χ2v) is 6.65. The Morgan fingerprint density at radius 2 is 1.83 bits per heavy atom. The molecule has 2 amide bonds. The molecule has 0 fully saturated rings. The molecule has 0 aromatic heterocycles. The van der Waals surface area contributed by atoms with Crippen LogP contribution in [0.2, 0.25) is 0 Å². The maximum absolute atomic E-state index is 12.1. The molecule has 134 valence electrons. The van der Waals surface area contributed by atoms with Crippen LogP contribution in [0.5, 0.6) is 11.5 Å². The molecule has 1 atom stereocenters. The standard InChI is InChI=1S/C18H28N2O4/c1-12(14-11-13(23-5)7-8-15(14)24-6)20-16(21)9-10-19-17(22)18(2,3)4/h7-8,11-12H,9-10H2,1-6H3,(H,19,22)(H,20,21). The minimum atomic E-state index is -0.461. The summed E-state index contributed by atoms with van der Waals surface area (Å²) in [5.41, 5.74) is 0.376. The van der Waals surface area contributed by atoms with E-state index in [9.17, 15) is 9.59 Å². The first-order valence-corrected chi connectivity index (χ1v) is 7.98. The topological polar surface area (TPSA) is 76.7 Å². The monoisotopic (exact) mass is 336 g/mol. The highest BCUT2D eigenvalue weighted by molar-refractivity contribution is 5.82. The Kier molecular flexibility index (Phi) is 7.07. The van der Waals surface area contributed by atoms with Gasteiger partial charge in [-0.15, -0.1) is 0 Å². The first-order valence-electron chi connectivity index (χ1n) is 7.98. The normalized spacial score (nSPS) is 12.2. The van der Waals surface area contributed by atoms with E-state index in [2.05, 4.69) is 10.6 Å². The van der Waals surface area contributed by atoms with Gasteiger partial charge in [0.1, 0.15) is 11.5 Å². The number of hydrogen-bond acceptors (Lipinski definition) is 4. The van der Waals surface area contributed by atoms with E-state index in [-0.39, 0.29) is 24.3 Å². The van der Waals surface area contributed by atoms with Gasteiger partial charge in [0.05, 0.1) is 20.3 Å². The van der Waals surface area contributed by atoms with Crippen LogP contribution in [-0.2, 0) is 9.59 Å². The Balaban J connectivity index is 2.60. The quantitative estimate of drug-likeness (QED) is 0.802. The Labute approximate surface area is 143 Å². The van der Waals surface area contributed by atoms with Gasteiger partial charge in [-0.2, -0.15) is 0 Å². The molecule has 0 spiro atoms. The number of methoxy groups -OCH3 is 2. The largest absolute Gasteiger partial charge is 0.497 e. The molecule has 0 saturated carbocycles. The molecule has 0 radical (unpaired) electrons. The smallest absolute Gasteiger partial charge is 0.225 e. The second kappa shape index (κ2) is 8.57. The zero-order valence-corrected chi connectivity index (χ0v) is 15.4. The fraction of sp³-hybridized carbons (Fsp3) is 0.556. The van der Waals surface area contributed by atoms with Crippen molar-refractivity contribution < 1.29 is 19.1 Å². The summed E-state index contributed by atoms with van der Waals surface area (Å²) in [5, 5.41) is 5.67. The van der Waals surface area contributed by atoms with Gasteiger partial charge in [0.15, 0.2) is 0 Å². The zero-order valence-electron chi connectivity index (χ0n) is 15.4. The molecule has 0 aliphatic rings. The van der Waals surface area contributed by atoms with E-state index < -0.39 is 5.41 Å². The van der Waals surface area contributed by atoms with Crippen molar-refractivity contribution in [1.29, 1.82) is 0 Å². The first-order chi connectivity index (χ1) is 11.2. The fourth-order valence-electron chi connectivity index (χ4n) is 2.12. The van der Waals surface area contributed by atoms with Crippen molar-refractivity contribution in [2.45, 2.75) is 40.2 Å². The predicted octanol–water partition coefficient (Wildman–Crippen LogP) is 2.43. The van der Waals surface area contributed by atoms with Crippen molar-refractivity contribution in [2.75, 3.05) is 20.8 Å². The van der Waals surface area contributed by atoms with Gasteiger partial charge < -0.3 is 20.1 Å². The molecule has 6 nitrogen and oxygen atoms in total. The third-order valence-electron chi connectivity index (χ3n) is 3.60. The molecule has 6 heteroatoms. The number of ether oxygens (including phenoxy) is 2. The number of amides is 2. The van der Waals surface area contributed by atoms with Gasteiger partial charge in [-0.3, -0.25) is 9.59 Å². The highest BCUT2D eigenvalue weighted by atomic mass is 16.5. The number of carbonyl (C=O) groups excluding carboxylic acids is 2. The molecule has 0 saturated heterocycles. The number of hydrogen-bond donors (Lipinski definition) is 2. The van der Waals surface area contributed by atoms with Gasteiger partial charge in [-0.05, 0) is 25.1 Å². The van der Waals surface area contributed by atoms with Gasteiger partial charge >= 0.3 is 0 Å². The zero-order chi connectivity index (χ0) is 18.3. The molecule has 0 bridgehead atoms. The van der Waals surface area contributed by atoms with Crippen molar-refractivity contribution in [1.82, 2.24) is 10.6 Å². The number of nitrogens with one attached hydrogen (secondary N) is 2. The van der Waals surface area contributed by atoms with Crippen molar-refractivity contribution in [3.63, 3.8) is 0 Å². The molecule has 1 unspecified atom stereocenters. The molecule has 1 aromatic rings. The van der Waals surface area contributed by atoms with Crippen LogP contribution < -0.4 is 20.1 Å². The van der Waals surface area contributed by atoms with E-state index in [0.717, 1.165) is 5.56 Å². The first kappa shape index (κ1) is 19.8. The van der Waals surface area contributed by atoms with Crippen LogP contribution in [0.3, 0.4) is 0 Å². The van der Waals surface area contributed by atoms with Gasteiger partial charge in [0.25, 0.3) is 0 Å². The molecular weight excluding hydrogens is 308 g/mol. The van der Waals surface area contributed by atoms with Crippen molar-refractivity contribution in [3.05, 3.63) is 23.8 Å². The molecule has 0 heterocycles. The van der Waals surface area contributed by atoms with Crippen LogP contribution in [-0.4, -0.2) is 32.6 Å². The van der Waals surface area contributed by atoms with E-state index in [1.165, 1.54) is 0 Å². The Bertz CT molecular complexity index is 579. The van der Waals surface area contributed by atoms with Crippen LogP contribution in [0.15, 0.2) is 18.2 Å². The molecule has 0 aliphatic carbocycles. The van der Waals surface area contributed by atoms with E-state index >= 15 is 0 Å². The summed E-state index contributed by atoms with van der Waals surface area (Å²) in [7, 11) is 3.18. The van der Waals surface area contributed by atoms with Crippen LogP contribution >= 0.6 is 0 Å². The number of carbonyl (C=O) groups is 2. The summed E-state index contributed by atoms with van der Waals surface area (Å²) in [6.07, 6.45) is 0.221. The second-order valence-electron chi connectivity index (χ2n) is 6.65. The lowest BCUT2D eigenvalue weighted by Gasteiger charge is -2.19. The molecular formula is C18H28N2O4. The summed E-state index contributed by atoms with van der Waals surface area (Å²) < 4.78 is 10.6. The maximum atomic E-state index is 12.1. The Morgan fingerprint density at radius 3 is 2.38 bits per heavy atom. The highest BCUT2D eigenvalue weighted by Gasteiger charge is 2.21. The molecule has 1 aromatic carbocycles. The van der Waals surface area contributed by atoms with Crippen LogP contribution in [0.4, 0.5) is 0 Å². The fourth-order valence-corrected chi connectivity index (χ4v) is 2.12. The third-order valence-corrected chi connectivity index (χ3v) is 3.60. The lowest BCUT2D eigenvalue weighted by Crippen LogP contribution is -2.37.